The van der Waals surface area contributed by atoms with Crippen LogP contribution in [-0.4, -0.2) is 30.9 Å². The van der Waals surface area contributed by atoms with Gasteiger partial charge in [-0.15, -0.1) is 0 Å². The van der Waals surface area contributed by atoms with Crippen LogP contribution in [0.5, 0.6) is 0 Å². The van der Waals surface area contributed by atoms with Gasteiger partial charge in [-0.05, 0) is 51.2 Å². The molecule has 0 aliphatic heterocycles. The van der Waals surface area contributed by atoms with E-state index in [0.29, 0.717) is 29.7 Å². The maximum atomic E-state index is 13.5. The van der Waals surface area contributed by atoms with Gasteiger partial charge in [-0.25, -0.2) is 4.79 Å². The Bertz CT molecular complexity index is 1450. The number of nitrogens with zero attached hydrogens (tertiary/aromatic N) is 4. The summed E-state index contributed by atoms with van der Waals surface area (Å²) in [6.45, 7) is 6.15. The van der Waals surface area contributed by atoms with Crippen LogP contribution in [0.4, 0.5) is 0 Å². The number of amides is 1. The number of carbonyl (C=O) groups excluding carboxylic acids is 1. The number of benzene rings is 2. The Hall–Kier alpha value is -3.94. The largest absolute Gasteiger partial charge is 0.352 e. The Kier molecular flexibility index (Phi) is 7.83. The lowest BCUT2D eigenvalue weighted by Gasteiger charge is -2.16. The smallest absolute Gasteiger partial charge is 0.332 e. The molecule has 0 aliphatic carbocycles. The van der Waals surface area contributed by atoms with Gasteiger partial charge >= 0.3 is 5.69 Å². The molecule has 1 atom stereocenters. The minimum atomic E-state index is -0.491. The van der Waals surface area contributed by atoms with Crippen molar-refractivity contribution in [3.05, 3.63) is 98.3 Å². The third-order valence-corrected chi connectivity index (χ3v) is 6.46. The predicted molar refractivity (Wildman–Crippen MR) is 141 cm³/mol. The highest BCUT2D eigenvalue weighted by Crippen LogP contribution is 2.14. The minimum absolute atomic E-state index is 0.0626. The highest BCUT2D eigenvalue weighted by atomic mass is 16.2. The molecule has 188 valence electrons. The van der Waals surface area contributed by atoms with E-state index in [9.17, 15) is 14.4 Å². The van der Waals surface area contributed by atoms with E-state index in [1.54, 1.807) is 11.6 Å². The van der Waals surface area contributed by atoms with Crippen molar-refractivity contribution < 1.29 is 4.79 Å². The number of hydrogen-bond acceptors (Lipinski definition) is 4. The second-order valence-electron chi connectivity index (χ2n) is 9.15. The molecule has 0 unspecified atom stereocenters. The topological polar surface area (TPSA) is 90.9 Å². The van der Waals surface area contributed by atoms with E-state index in [1.165, 1.54) is 14.7 Å². The number of fused-ring (bicyclic) bond motifs is 1. The summed E-state index contributed by atoms with van der Waals surface area (Å²) >= 11 is 0. The molecule has 0 aliphatic rings. The fraction of sp³-hybridized carbons (Fsp3) is 0.357. The van der Waals surface area contributed by atoms with Gasteiger partial charge in [0.2, 0.25) is 5.91 Å². The highest BCUT2D eigenvalue weighted by Gasteiger charge is 2.22. The van der Waals surface area contributed by atoms with Gasteiger partial charge in [-0.2, -0.15) is 5.10 Å². The van der Waals surface area contributed by atoms with Crippen molar-refractivity contribution in [2.45, 2.75) is 65.7 Å². The number of nitrogens with one attached hydrogen (secondary N) is 1. The second kappa shape index (κ2) is 11.2. The van der Waals surface area contributed by atoms with Gasteiger partial charge in [0.1, 0.15) is 12.1 Å². The minimum Gasteiger partial charge on any atom is -0.352 e. The Morgan fingerprint density at radius 3 is 2.14 bits per heavy atom. The number of rotatable bonds is 10. The van der Waals surface area contributed by atoms with E-state index in [0.717, 1.165) is 18.4 Å². The number of aryl methyl sites for hydroxylation is 4. The number of aromatic nitrogens is 4. The third kappa shape index (κ3) is 5.48. The molecule has 4 rings (SSSR count). The SMILES string of the molecule is CCn1nc(C)c2c1c(=O)n(CCc1ccccc1)c(=O)n2CC(=O)N[C@@H](C)CCc1ccccc1. The van der Waals surface area contributed by atoms with Crippen LogP contribution in [0.2, 0.25) is 0 Å². The Morgan fingerprint density at radius 1 is 0.917 bits per heavy atom. The fourth-order valence-electron chi connectivity index (χ4n) is 4.59. The summed E-state index contributed by atoms with van der Waals surface area (Å²) < 4.78 is 4.24. The lowest BCUT2D eigenvalue weighted by molar-refractivity contribution is -0.122. The van der Waals surface area contributed by atoms with Crippen LogP contribution in [0.1, 0.15) is 37.1 Å². The molecule has 0 bridgehead atoms. The van der Waals surface area contributed by atoms with Gasteiger partial charge in [-0.1, -0.05) is 60.7 Å². The van der Waals surface area contributed by atoms with Crippen molar-refractivity contribution in [2.75, 3.05) is 0 Å². The molecular weight excluding hydrogens is 454 g/mol. The van der Waals surface area contributed by atoms with Crippen molar-refractivity contribution in [1.29, 1.82) is 0 Å². The molecule has 0 radical (unpaired) electrons. The van der Waals surface area contributed by atoms with Crippen molar-refractivity contribution >= 4 is 16.9 Å². The Labute approximate surface area is 210 Å². The Balaban J connectivity index is 1.60. The van der Waals surface area contributed by atoms with Gasteiger partial charge in [-0.3, -0.25) is 23.4 Å². The van der Waals surface area contributed by atoms with E-state index < -0.39 is 5.69 Å². The lowest BCUT2D eigenvalue weighted by atomic mass is 10.1. The van der Waals surface area contributed by atoms with Crippen LogP contribution < -0.4 is 16.6 Å². The van der Waals surface area contributed by atoms with E-state index in [1.807, 2.05) is 62.4 Å². The molecule has 2 aromatic carbocycles. The summed E-state index contributed by atoms with van der Waals surface area (Å²) in [5.74, 6) is -0.268. The predicted octanol–water partition coefficient (Wildman–Crippen LogP) is 3.07. The molecule has 1 N–H and O–H groups in total. The fourth-order valence-corrected chi connectivity index (χ4v) is 4.59. The quantitative estimate of drug-likeness (QED) is 0.372. The summed E-state index contributed by atoms with van der Waals surface area (Å²) in [6.07, 6.45) is 2.16. The van der Waals surface area contributed by atoms with Crippen LogP contribution >= 0.6 is 0 Å². The van der Waals surface area contributed by atoms with Crippen LogP contribution in [-0.2, 0) is 37.3 Å². The molecule has 0 saturated heterocycles. The van der Waals surface area contributed by atoms with Crippen LogP contribution in [0.3, 0.4) is 0 Å². The molecule has 2 heterocycles. The number of carbonyl (C=O) groups is 1. The van der Waals surface area contributed by atoms with Crippen LogP contribution in [0.15, 0.2) is 70.3 Å². The van der Waals surface area contributed by atoms with Crippen LogP contribution in [0.25, 0.3) is 11.0 Å². The molecule has 0 fully saturated rings. The van der Waals surface area contributed by atoms with Crippen molar-refractivity contribution in [2.24, 2.45) is 0 Å². The molecule has 0 saturated carbocycles. The molecule has 4 aromatic rings. The third-order valence-electron chi connectivity index (χ3n) is 6.46. The zero-order chi connectivity index (χ0) is 25.7. The molecular formula is C28H33N5O3. The summed E-state index contributed by atoms with van der Waals surface area (Å²) in [6, 6.07) is 19.8. The zero-order valence-corrected chi connectivity index (χ0v) is 21.1. The van der Waals surface area contributed by atoms with Gasteiger partial charge < -0.3 is 5.32 Å². The molecule has 36 heavy (non-hydrogen) atoms. The zero-order valence-electron chi connectivity index (χ0n) is 21.1. The highest BCUT2D eigenvalue weighted by molar-refractivity contribution is 5.81. The summed E-state index contributed by atoms with van der Waals surface area (Å²) in [4.78, 5) is 39.9. The van der Waals surface area contributed by atoms with E-state index in [-0.39, 0.29) is 30.6 Å². The maximum absolute atomic E-state index is 13.5. The average molecular weight is 488 g/mol. The van der Waals surface area contributed by atoms with Gasteiger partial charge in [0.05, 0.1) is 5.69 Å². The first-order valence-corrected chi connectivity index (χ1v) is 12.5. The molecule has 8 nitrogen and oxygen atoms in total. The number of hydrogen-bond donors (Lipinski definition) is 1. The van der Waals surface area contributed by atoms with Gasteiger partial charge in [0.25, 0.3) is 5.56 Å². The van der Waals surface area contributed by atoms with Crippen molar-refractivity contribution in [3.63, 3.8) is 0 Å². The van der Waals surface area contributed by atoms with Crippen molar-refractivity contribution in [1.82, 2.24) is 24.2 Å². The molecule has 1 amide bonds. The van der Waals surface area contributed by atoms with E-state index in [4.69, 9.17) is 0 Å². The van der Waals surface area contributed by atoms with E-state index in [2.05, 4.69) is 22.5 Å². The van der Waals surface area contributed by atoms with Crippen molar-refractivity contribution in [3.8, 4) is 0 Å². The van der Waals surface area contributed by atoms with E-state index >= 15 is 0 Å². The molecule has 2 aromatic heterocycles. The normalized spacial score (nSPS) is 12.1. The summed E-state index contributed by atoms with van der Waals surface area (Å²) in [5, 5.41) is 7.48. The average Bonchev–Trinajstić information content (AvgIpc) is 3.22. The lowest BCUT2D eigenvalue weighted by Crippen LogP contribution is -2.44. The first-order valence-electron chi connectivity index (χ1n) is 12.5. The van der Waals surface area contributed by atoms with Gasteiger partial charge in [0, 0.05) is 19.1 Å². The first-order chi connectivity index (χ1) is 17.4. The summed E-state index contributed by atoms with van der Waals surface area (Å²) in [7, 11) is 0. The second-order valence-corrected chi connectivity index (χ2v) is 9.15. The van der Waals surface area contributed by atoms with Crippen LogP contribution in [0, 0.1) is 6.92 Å². The summed E-state index contributed by atoms with van der Waals surface area (Å²) in [5.41, 5.74) is 2.71. The first kappa shape index (κ1) is 25.2. The Morgan fingerprint density at radius 2 is 1.53 bits per heavy atom. The molecule has 0 spiro atoms. The maximum Gasteiger partial charge on any atom is 0.332 e. The monoisotopic (exact) mass is 487 g/mol. The standard InChI is InChI=1S/C28H33N5O3/c1-4-33-26-25(21(3)30-33)32(19-24(34)29-20(2)15-16-22-11-7-5-8-12-22)28(36)31(27(26)35)18-17-23-13-9-6-10-14-23/h5-14,20H,4,15-19H2,1-3H3,(H,29,34)/t20-/m0/s1. The molecule has 8 heteroatoms. The van der Waals surface area contributed by atoms with Gasteiger partial charge in [0.15, 0.2) is 5.52 Å².